The molecule has 0 spiro atoms. The van der Waals surface area contributed by atoms with Gasteiger partial charge in [-0.05, 0) is 59.4 Å². The Bertz CT molecular complexity index is 1610. The van der Waals surface area contributed by atoms with Gasteiger partial charge in [0.2, 0.25) is 0 Å². The van der Waals surface area contributed by atoms with E-state index in [0.29, 0.717) is 33.0 Å². The molecule has 4 aromatic carbocycles. The van der Waals surface area contributed by atoms with Gasteiger partial charge in [-0.25, -0.2) is 17.6 Å². The third-order valence-corrected chi connectivity index (χ3v) is 8.30. The largest absolute Gasteiger partial charge is 0.298 e. The molecule has 224 valence electrons. The minimum atomic E-state index is -2.66. The van der Waals surface area contributed by atoms with E-state index in [4.69, 9.17) is 0 Å². The fraction of sp³-hybridized carbons (Fsp3) is 0.206. The quantitative estimate of drug-likeness (QED) is 0.0931. The number of halogens is 6. The lowest BCUT2D eigenvalue weighted by molar-refractivity contribution is 0.0966. The number of ketones is 2. The van der Waals surface area contributed by atoms with Gasteiger partial charge < -0.3 is 0 Å². The fourth-order valence-corrected chi connectivity index (χ4v) is 5.21. The van der Waals surface area contributed by atoms with Crippen molar-refractivity contribution in [2.45, 2.75) is 45.0 Å². The topological polar surface area (TPSA) is 51.2 Å². The average Bonchev–Trinajstić information content (AvgIpc) is 2.98. The van der Waals surface area contributed by atoms with Crippen LogP contribution in [0.4, 0.5) is 17.6 Å². The summed E-state index contributed by atoms with van der Waals surface area (Å²) in [6.45, 7) is 3.55. The Hall–Kier alpha value is -3.43. The molecule has 0 radical (unpaired) electrons. The van der Waals surface area contributed by atoms with Crippen LogP contribution in [0.25, 0.3) is 0 Å². The minimum Gasteiger partial charge on any atom is -0.298 e. The van der Waals surface area contributed by atoms with Gasteiger partial charge in [-0.3, -0.25) is 14.4 Å². The second-order valence-electron chi connectivity index (χ2n) is 9.99. The van der Waals surface area contributed by atoms with Crippen LogP contribution in [0.1, 0.15) is 92.7 Å². The smallest absolute Gasteiger partial charge is 0.264 e. The first kappa shape index (κ1) is 34.1. The van der Waals surface area contributed by atoms with E-state index in [-0.39, 0.29) is 63.5 Å². The maximum Gasteiger partial charge on any atom is 0.264 e. The summed E-state index contributed by atoms with van der Waals surface area (Å²) in [6.07, 6.45) is -1.71. The van der Waals surface area contributed by atoms with E-state index in [1.165, 1.54) is 30.3 Å². The molecule has 0 aliphatic carbocycles. The molecule has 0 fully saturated rings. The standard InChI is InChI=1S/C17H14BrF3O.C17H14BrFO2/c1-10(12-4-2-3-5-15(12)19)8-16(22)11-6-7-14(18)13(9-11)17(20)21;1-11(14-4-2-3-5-16(14)19)8-17(21)12-6-7-15(18)13(9-12)10-20/h2-7,9-10,17H,8H2,1H3;2-7,9-11H,8H2,1H3. The summed E-state index contributed by atoms with van der Waals surface area (Å²) in [7, 11) is 0. The molecule has 0 heterocycles. The maximum absolute atomic E-state index is 13.7. The number of hydrogen-bond acceptors (Lipinski definition) is 3. The summed E-state index contributed by atoms with van der Waals surface area (Å²) in [4.78, 5) is 35.4. The summed E-state index contributed by atoms with van der Waals surface area (Å²) >= 11 is 6.28. The van der Waals surface area contributed by atoms with E-state index in [0.717, 1.165) is 0 Å². The van der Waals surface area contributed by atoms with Crippen molar-refractivity contribution in [3.05, 3.63) is 139 Å². The van der Waals surface area contributed by atoms with Gasteiger partial charge in [-0.15, -0.1) is 0 Å². The van der Waals surface area contributed by atoms with Crippen LogP contribution in [0.15, 0.2) is 93.9 Å². The van der Waals surface area contributed by atoms with Crippen LogP contribution in [0.3, 0.4) is 0 Å². The molecule has 0 amide bonds. The van der Waals surface area contributed by atoms with Crippen molar-refractivity contribution in [1.82, 2.24) is 0 Å². The number of Topliss-reactive ketones (excluding diaryl/α,β-unsaturated/α-hetero) is 2. The molecule has 9 heteroatoms. The highest BCUT2D eigenvalue weighted by molar-refractivity contribution is 9.10. The third-order valence-electron chi connectivity index (χ3n) is 6.85. The van der Waals surface area contributed by atoms with Crippen LogP contribution in [0.2, 0.25) is 0 Å². The Labute approximate surface area is 264 Å². The van der Waals surface area contributed by atoms with Crippen LogP contribution >= 0.6 is 31.9 Å². The van der Waals surface area contributed by atoms with Crippen LogP contribution < -0.4 is 0 Å². The van der Waals surface area contributed by atoms with E-state index in [1.807, 2.05) is 6.92 Å². The lowest BCUT2D eigenvalue weighted by Crippen LogP contribution is -2.07. The van der Waals surface area contributed by atoms with Gasteiger partial charge >= 0.3 is 0 Å². The zero-order chi connectivity index (χ0) is 31.7. The lowest BCUT2D eigenvalue weighted by atomic mass is 9.92. The number of alkyl halides is 2. The number of carbonyl (C=O) groups is 3. The number of hydrogen-bond donors (Lipinski definition) is 0. The van der Waals surface area contributed by atoms with Gasteiger partial charge in [0.05, 0.1) is 0 Å². The number of rotatable bonds is 10. The lowest BCUT2D eigenvalue weighted by Gasteiger charge is -2.13. The van der Waals surface area contributed by atoms with E-state index in [2.05, 4.69) is 31.9 Å². The molecule has 0 aliphatic rings. The first-order chi connectivity index (χ1) is 20.4. The van der Waals surface area contributed by atoms with Crippen molar-refractivity contribution >= 4 is 49.7 Å². The zero-order valence-electron chi connectivity index (χ0n) is 23.3. The molecule has 43 heavy (non-hydrogen) atoms. The van der Waals surface area contributed by atoms with Crippen molar-refractivity contribution in [2.75, 3.05) is 0 Å². The molecule has 0 N–H and O–H groups in total. The normalized spacial score (nSPS) is 12.2. The number of carbonyl (C=O) groups excluding carboxylic acids is 3. The molecule has 3 nitrogen and oxygen atoms in total. The highest BCUT2D eigenvalue weighted by Gasteiger charge is 2.19. The predicted octanol–water partition coefficient (Wildman–Crippen LogP) is 10.7. The Morgan fingerprint density at radius 2 is 1.12 bits per heavy atom. The van der Waals surface area contributed by atoms with E-state index in [9.17, 15) is 31.9 Å². The summed E-state index contributed by atoms with van der Waals surface area (Å²) in [5.41, 5.74) is 1.86. The highest BCUT2D eigenvalue weighted by atomic mass is 79.9. The summed E-state index contributed by atoms with van der Waals surface area (Å²) < 4.78 is 54.0. The molecule has 0 saturated carbocycles. The third kappa shape index (κ3) is 9.28. The molecular formula is C34H28Br2F4O3. The van der Waals surface area contributed by atoms with Crippen LogP contribution in [-0.2, 0) is 0 Å². The summed E-state index contributed by atoms with van der Waals surface area (Å²) in [5.74, 6) is -1.62. The van der Waals surface area contributed by atoms with Gasteiger partial charge in [0.1, 0.15) is 11.6 Å². The van der Waals surface area contributed by atoms with E-state index < -0.39 is 6.43 Å². The fourth-order valence-electron chi connectivity index (χ4n) is 4.45. The molecule has 0 bridgehead atoms. The molecule has 0 aliphatic heterocycles. The molecule has 4 rings (SSSR count). The molecule has 0 aromatic heterocycles. The van der Waals surface area contributed by atoms with E-state index >= 15 is 0 Å². The SMILES string of the molecule is CC(CC(=O)c1ccc(Br)c(C(F)F)c1)c1ccccc1F.CC(CC(=O)c1ccc(Br)c(C=O)c1)c1ccccc1F. The van der Waals surface area contributed by atoms with Crippen LogP contribution in [0.5, 0.6) is 0 Å². The van der Waals surface area contributed by atoms with Gasteiger partial charge in [0.25, 0.3) is 6.43 Å². The summed E-state index contributed by atoms with van der Waals surface area (Å²) in [6, 6.07) is 21.7. The van der Waals surface area contributed by atoms with Crippen molar-refractivity contribution in [3.63, 3.8) is 0 Å². The van der Waals surface area contributed by atoms with Gasteiger partial charge in [-0.1, -0.05) is 94.2 Å². The van der Waals surface area contributed by atoms with Crippen LogP contribution in [-0.4, -0.2) is 17.9 Å². The first-order valence-electron chi connectivity index (χ1n) is 13.3. The van der Waals surface area contributed by atoms with Crippen molar-refractivity contribution in [2.24, 2.45) is 0 Å². The minimum absolute atomic E-state index is 0.0608. The second kappa shape index (κ2) is 15.9. The Balaban J connectivity index is 0.000000236. The first-order valence-corrected chi connectivity index (χ1v) is 14.9. The molecular weight excluding hydrogens is 692 g/mol. The zero-order valence-corrected chi connectivity index (χ0v) is 26.5. The van der Waals surface area contributed by atoms with Gasteiger partial charge in [0, 0.05) is 44.0 Å². The van der Waals surface area contributed by atoms with Crippen molar-refractivity contribution < 1.29 is 31.9 Å². The van der Waals surface area contributed by atoms with Crippen molar-refractivity contribution in [3.8, 4) is 0 Å². The Morgan fingerprint density at radius 1 is 0.674 bits per heavy atom. The number of benzene rings is 4. The van der Waals surface area contributed by atoms with Gasteiger partial charge in [-0.2, -0.15) is 0 Å². The Morgan fingerprint density at radius 3 is 1.56 bits per heavy atom. The molecule has 4 aromatic rings. The molecule has 2 unspecified atom stereocenters. The van der Waals surface area contributed by atoms with Gasteiger partial charge in [0.15, 0.2) is 17.9 Å². The monoisotopic (exact) mass is 718 g/mol. The van der Waals surface area contributed by atoms with Crippen molar-refractivity contribution in [1.29, 1.82) is 0 Å². The predicted molar refractivity (Wildman–Crippen MR) is 166 cm³/mol. The maximum atomic E-state index is 13.7. The highest BCUT2D eigenvalue weighted by Crippen LogP contribution is 2.30. The average molecular weight is 720 g/mol. The molecule has 2 atom stereocenters. The summed E-state index contributed by atoms with van der Waals surface area (Å²) in [5, 5.41) is 0. The van der Waals surface area contributed by atoms with Crippen LogP contribution in [0, 0.1) is 11.6 Å². The Kier molecular flexibility index (Phi) is 12.6. The molecule has 0 saturated heterocycles. The second-order valence-corrected chi connectivity index (χ2v) is 11.7. The number of aldehydes is 1. The van der Waals surface area contributed by atoms with E-state index in [1.54, 1.807) is 61.5 Å².